The fourth-order valence-electron chi connectivity index (χ4n) is 1.45. The maximum atomic E-state index is 12.3. The topological polar surface area (TPSA) is 70.5 Å². The van der Waals surface area contributed by atoms with Crippen molar-refractivity contribution in [2.45, 2.75) is 20.0 Å². The summed E-state index contributed by atoms with van der Waals surface area (Å²) in [4.78, 5) is 26.7. The first-order valence-corrected chi connectivity index (χ1v) is 5.93. The van der Waals surface area contributed by atoms with E-state index in [9.17, 15) is 22.8 Å². The second-order valence-corrected chi connectivity index (χ2v) is 5.02. The number of carboxylic acids is 1. The number of aliphatic carboxylic acids is 1. The predicted octanol–water partition coefficient (Wildman–Crippen LogP) is 1.85. The number of aryl methyl sites for hydroxylation is 2. The smallest absolute Gasteiger partial charge is 0.406 e. The molecule has 1 rings (SSSR count). The summed E-state index contributed by atoms with van der Waals surface area (Å²) in [5.74, 6) is -2.47. The van der Waals surface area contributed by atoms with Gasteiger partial charge in [0.25, 0.3) is 5.91 Å². The Hall–Kier alpha value is -1.64. The lowest BCUT2D eigenvalue weighted by molar-refractivity contribution is -0.149. The summed E-state index contributed by atoms with van der Waals surface area (Å²) in [7, 11) is 0. The van der Waals surface area contributed by atoms with Gasteiger partial charge in [-0.25, -0.2) is 4.98 Å². The molecule has 0 fully saturated rings. The van der Waals surface area contributed by atoms with E-state index in [2.05, 4.69) is 4.98 Å². The van der Waals surface area contributed by atoms with Crippen LogP contribution in [0.25, 0.3) is 0 Å². The number of aromatic nitrogens is 1. The molecule has 106 valence electrons. The van der Waals surface area contributed by atoms with Crippen molar-refractivity contribution < 1.29 is 27.9 Å². The van der Waals surface area contributed by atoms with E-state index >= 15 is 0 Å². The van der Waals surface area contributed by atoms with E-state index in [-0.39, 0.29) is 9.78 Å². The predicted molar refractivity (Wildman–Crippen MR) is 61.2 cm³/mol. The summed E-state index contributed by atoms with van der Waals surface area (Å²) in [6, 6.07) is 0. The molecule has 0 aromatic carbocycles. The summed E-state index contributed by atoms with van der Waals surface area (Å²) >= 11 is 0.941. The molecule has 9 heteroatoms. The van der Waals surface area contributed by atoms with Gasteiger partial charge in [-0.3, -0.25) is 9.59 Å². The van der Waals surface area contributed by atoms with Gasteiger partial charge in [0.15, 0.2) is 0 Å². The van der Waals surface area contributed by atoms with Crippen LogP contribution in [0.2, 0.25) is 0 Å². The van der Waals surface area contributed by atoms with Crippen LogP contribution in [0.1, 0.15) is 20.4 Å². The Morgan fingerprint density at radius 1 is 1.37 bits per heavy atom. The zero-order chi connectivity index (χ0) is 14.8. The molecule has 0 saturated heterocycles. The molecule has 0 aliphatic rings. The van der Waals surface area contributed by atoms with Crippen LogP contribution in [0, 0.1) is 13.8 Å². The van der Waals surface area contributed by atoms with Gasteiger partial charge >= 0.3 is 12.1 Å². The van der Waals surface area contributed by atoms with Crippen molar-refractivity contribution in [1.29, 1.82) is 0 Å². The minimum atomic E-state index is -4.65. The van der Waals surface area contributed by atoms with Crippen LogP contribution in [0.5, 0.6) is 0 Å². The maximum Gasteiger partial charge on any atom is 0.406 e. The molecule has 1 heterocycles. The summed E-state index contributed by atoms with van der Waals surface area (Å²) in [5.41, 5.74) is 0.296. The largest absolute Gasteiger partial charge is 0.480 e. The average Bonchev–Trinajstić information content (AvgIpc) is 2.53. The van der Waals surface area contributed by atoms with Gasteiger partial charge in [-0.1, -0.05) is 0 Å². The van der Waals surface area contributed by atoms with Crippen LogP contribution in [-0.2, 0) is 4.79 Å². The van der Waals surface area contributed by atoms with Crippen LogP contribution < -0.4 is 0 Å². The molecule has 5 nitrogen and oxygen atoms in total. The normalized spacial score (nSPS) is 11.4. The molecule has 1 aromatic heterocycles. The Labute approximate surface area is 110 Å². The third kappa shape index (κ3) is 4.51. The molecular formula is C10H11F3N2O3S. The first-order valence-electron chi connectivity index (χ1n) is 5.12. The fraction of sp³-hybridized carbons (Fsp3) is 0.500. The Bertz CT molecular complexity index is 499. The number of halogens is 3. The summed E-state index contributed by atoms with van der Waals surface area (Å²) in [6.45, 7) is 0.492. The van der Waals surface area contributed by atoms with Crippen molar-refractivity contribution in [3.63, 3.8) is 0 Å². The van der Waals surface area contributed by atoms with E-state index in [1.165, 1.54) is 6.92 Å². The number of thiazole rings is 1. The highest BCUT2D eigenvalue weighted by molar-refractivity contribution is 7.13. The zero-order valence-corrected chi connectivity index (χ0v) is 10.9. The molecule has 0 radical (unpaired) electrons. The number of carboxylic acid groups (broad SMARTS) is 1. The third-order valence-corrected chi connectivity index (χ3v) is 3.14. The average molecular weight is 296 g/mol. The summed E-state index contributed by atoms with van der Waals surface area (Å²) in [6.07, 6.45) is -4.65. The number of nitrogens with zero attached hydrogens (tertiary/aromatic N) is 2. The van der Waals surface area contributed by atoms with Crippen LogP contribution in [0.3, 0.4) is 0 Å². The Balaban J connectivity index is 3.00. The van der Waals surface area contributed by atoms with Gasteiger partial charge in [0.05, 0.1) is 10.7 Å². The second-order valence-electron chi connectivity index (χ2n) is 3.82. The second kappa shape index (κ2) is 5.55. The molecule has 19 heavy (non-hydrogen) atoms. The molecule has 1 aromatic rings. The van der Waals surface area contributed by atoms with E-state index in [1.807, 2.05) is 0 Å². The van der Waals surface area contributed by atoms with Crippen molar-refractivity contribution in [2.24, 2.45) is 0 Å². The van der Waals surface area contributed by atoms with Gasteiger partial charge < -0.3 is 10.0 Å². The monoisotopic (exact) mass is 296 g/mol. The lowest BCUT2D eigenvalue weighted by Gasteiger charge is -2.21. The standard InChI is InChI=1S/C10H11F3N2O3S/c1-5-8(19-6(2)14-5)9(18)15(3-7(16)17)4-10(11,12)13/h3-4H2,1-2H3,(H,16,17). The van der Waals surface area contributed by atoms with E-state index in [1.54, 1.807) is 6.92 Å². The molecular weight excluding hydrogens is 285 g/mol. The Morgan fingerprint density at radius 2 is 1.95 bits per heavy atom. The van der Waals surface area contributed by atoms with E-state index in [0.717, 1.165) is 11.3 Å². The Kier molecular flexibility index (Phi) is 4.51. The van der Waals surface area contributed by atoms with Gasteiger partial charge in [0, 0.05) is 0 Å². The molecule has 0 unspecified atom stereocenters. The quantitative estimate of drug-likeness (QED) is 0.920. The highest BCUT2D eigenvalue weighted by Gasteiger charge is 2.35. The van der Waals surface area contributed by atoms with Crippen molar-refractivity contribution in [2.75, 3.05) is 13.1 Å². The van der Waals surface area contributed by atoms with Crippen molar-refractivity contribution in [3.8, 4) is 0 Å². The van der Waals surface area contributed by atoms with Crippen molar-refractivity contribution >= 4 is 23.2 Å². The molecule has 0 atom stereocenters. The highest BCUT2D eigenvalue weighted by Crippen LogP contribution is 2.22. The van der Waals surface area contributed by atoms with E-state index < -0.39 is 31.1 Å². The molecule has 1 N–H and O–H groups in total. The molecule has 0 bridgehead atoms. The number of alkyl halides is 3. The minimum Gasteiger partial charge on any atom is -0.480 e. The number of hydrogen-bond acceptors (Lipinski definition) is 4. The van der Waals surface area contributed by atoms with E-state index in [0.29, 0.717) is 10.7 Å². The fourth-order valence-corrected chi connectivity index (χ4v) is 2.34. The summed E-state index contributed by atoms with van der Waals surface area (Å²) < 4.78 is 37.0. The van der Waals surface area contributed by atoms with Crippen LogP contribution in [-0.4, -0.2) is 46.1 Å². The van der Waals surface area contributed by atoms with Crippen molar-refractivity contribution in [1.82, 2.24) is 9.88 Å². The Morgan fingerprint density at radius 3 is 2.32 bits per heavy atom. The molecule has 0 spiro atoms. The number of amides is 1. The zero-order valence-electron chi connectivity index (χ0n) is 10.1. The summed E-state index contributed by atoms with van der Waals surface area (Å²) in [5, 5.41) is 9.11. The SMILES string of the molecule is Cc1nc(C)c(C(=O)N(CC(=O)O)CC(F)(F)F)s1. The lowest BCUT2D eigenvalue weighted by Crippen LogP contribution is -2.42. The van der Waals surface area contributed by atoms with Crippen molar-refractivity contribution in [3.05, 3.63) is 15.6 Å². The number of rotatable bonds is 4. The lowest BCUT2D eigenvalue weighted by atomic mass is 10.3. The molecule has 0 aliphatic carbocycles. The van der Waals surface area contributed by atoms with Crippen LogP contribution in [0.15, 0.2) is 0 Å². The molecule has 1 amide bonds. The first kappa shape index (κ1) is 15.4. The number of carbonyl (C=O) groups is 2. The van der Waals surface area contributed by atoms with Gasteiger partial charge in [-0.2, -0.15) is 13.2 Å². The van der Waals surface area contributed by atoms with E-state index in [4.69, 9.17) is 5.11 Å². The highest BCUT2D eigenvalue weighted by atomic mass is 32.1. The molecule has 0 aliphatic heterocycles. The van der Waals surface area contributed by atoms with Crippen LogP contribution >= 0.6 is 11.3 Å². The maximum absolute atomic E-state index is 12.3. The van der Waals surface area contributed by atoms with Crippen LogP contribution in [0.4, 0.5) is 13.2 Å². The minimum absolute atomic E-state index is 0.0306. The number of hydrogen-bond donors (Lipinski definition) is 1. The van der Waals surface area contributed by atoms with Gasteiger partial charge in [0.1, 0.15) is 18.0 Å². The third-order valence-electron chi connectivity index (χ3n) is 2.08. The number of carbonyl (C=O) groups excluding carboxylic acids is 1. The first-order chi connectivity index (χ1) is 8.60. The van der Waals surface area contributed by atoms with Gasteiger partial charge in [-0.15, -0.1) is 11.3 Å². The van der Waals surface area contributed by atoms with Gasteiger partial charge in [-0.05, 0) is 13.8 Å². The molecule has 0 saturated carbocycles. The van der Waals surface area contributed by atoms with Gasteiger partial charge in [0.2, 0.25) is 0 Å².